The van der Waals surface area contributed by atoms with Gasteiger partial charge >= 0.3 is 0 Å². The van der Waals surface area contributed by atoms with E-state index in [0.717, 1.165) is 19.4 Å². The lowest BCUT2D eigenvalue weighted by Crippen LogP contribution is -2.62. The van der Waals surface area contributed by atoms with Crippen LogP contribution in [0, 0.1) is 5.92 Å². The van der Waals surface area contributed by atoms with Crippen molar-refractivity contribution < 1.29 is 9.59 Å². The first-order chi connectivity index (χ1) is 8.65. The van der Waals surface area contributed by atoms with Gasteiger partial charge in [-0.25, -0.2) is 0 Å². The van der Waals surface area contributed by atoms with Gasteiger partial charge in [-0.05, 0) is 31.7 Å². The average molecular weight is 253 g/mol. The van der Waals surface area contributed by atoms with Gasteiger partial charge in [-0.1, -0.05) is 13.8 Å². The molecule has 2 heterocycles. The van der Waals surface area contributed by atoms with E-state index in [0.29, 0.717) is 25.4 Å². The average Bonchev–Trinajstić information content (AvgIpc) is 2.38. The number of carbonyl (C=O) groups excluding carboxylic acids is 2. The second-order valence-electron chi connectivity index (χ2n) is 5.30. The molecule has 2 rings (SSSR count). The number of rotatable bonds is 2. The molecule has 0 aliphatic carbocycles. The minimum atomic E-state index is -0.290. The number of hydrogen-bond donors (Lipinski definition) is 2. The molecule has 3 atom stereocenters. The molecule has 0 radical (unpaired) electrons. The molecule has 5 nitrogen and oxygen atoms in total. The second-order valence-corrected chi connectivity index (χ2v) is 5.30. The van der Waals surface area contributed by atoms with Crippen molar-refractivity contribution in [3.05, 3.63) is 0 Å². The van der Waals surface area contributed by atoms with Crippen LogP contribution < -0.4 is 10.6 Å². The van der Waals surface area contributed by atoms with Crippen LogP contribution in [0.15, 0.2) is 0 Å². The highest BCUT2D eigenvalue weighted by atomic mass is 16.2. The summed E-state index contributed by atoms with van der Waals surface area (Å²) in [5.74, 6) is 0.443. The first kappa shape index (κ1) is 13.3. The number of piperazine rings is 1. The quantitative estimate of drug-likeness (QED) is 0.734. The summed E-state index contributed by atoms with van der Waals surface area (Å²) in [5.41, 5.74) is 0. The van der Waals surface area contributed by atoms with Gasteiger partial charge in [0.15, 0.2) is 0 Å². The number of amides is 2. The third-order valence-electron chi connectivity index (χ3n) is 4.04. The van der Waals surface area contributed by atoms with E-state index in [4.69, 9.17) is 0 Å². The predicted molar refractivity (Wildman–Crippen MR) is 69.0 cm³/mol. The monoisotopic (exact) mass is 253 g/mol. The SMILES string of the molecule is CCC1C(=O)NCCN1C(=O)C1NCCCC1C. The van der Waals surface area contributed by atoms with Gasteiger partial charge in [-0.3, -0.25) is 9.59 Å². The fraction of sp³-hybridized carbons (Fsp3) is 0.846. The van der Waals surface area contributed by atoms with Crippen LogP contribution in [0.1, 0.15) is 33.1 Å². The molecule has 2 saturated heterocycles. The summed E-state index contributed by atoms with van der Waals surface area (Å²) in [4.78, 5) is 26.1. The van der Waals surface area contributed by atoms with Crippen molar-refractivity contribution >= 4 is 11.8 Å². The minimum absolute atomic E-state index is 0.0134. The first-order valence-electron chi connectivity index (χ1n) is 6.96. The molecule has 5 heteroatoms. The molecule has 2 N–H and O–H groups in total. The maximum Gasteiger partial charge on any atom is 0.242 e. The fourth-order valence-corrected chi connectivity index (χ4v) is 2.94. The lowest BCUT2D eigenvalue weighted by molar-refractivity contribution is -0.146. The maximum absolute atomic E-state index is 12.6. The zero-order chi connectivity index (χ0) is 13.1. The van der Waals surface area contributed by atoms with Crippen molar-refractivity contribution in [3.8, 4) is 0 Å². The minimum Gasteiger partial charge on any atom is -0.353 e. The van der Waals surface area contributed by atoms with Crippen LogP contribution >= 0.6 is 0 Å². The summed E-state index contributed by atoms with van der Waals surface area (Å²) in [6.07, 6.45) is 2.89. The van der Waals surface area contributed by atoms with Gasteiger partial charge in [-0.15, -0.1) is 0 Å². The van der Waals surface area contributed by atoms with Gasteiger partial charge in [0.1, 0.15) is 6.04 Å². The lowest BCUT2D eigenvalue weighted by atomic mass is 9.91. The Hall–Kier alpha value is -1.10. The second kappa shape index (κ2) is 5.69. The van der Waals surface area contributed by atoms with Gasteiger partial charge in [0.2, 0.25) is 11.8 Å². The van der Waals surface area contributed by atoms with Crippen LogP contribution in [0.3, 0.4) is 0 Å². The fourth-order valence-electron chi connectivity index (χ4n) is 2.94. The predicted octanol–water partition coefficient (Wildman–Crippen LogP) is 0.112. The number of nitrogens with one attached hydrogen (secondary N) is 2. The van der Waals surface area contributed by atoms with Crippen LogP contribution in [0.4, 0.5) is 0 Å². The molecule has 0 spiro atoms. The Morgan fingerprint density at radius 2 is 2.22 bits per heavy atom. The van der Waals surface area contributed by atoms with Crippen LogP contribution in [0.25, 0.3) is 0 Å². The summed E-state index contributed by atoms with van der Waals surface area (Å²) in [6.45, 7) is 6.17. The Kier molecular flexibility index (Phi) is 4.22. The molecule has 2 aliphatic heterocycles. The van der Waals surface area contributed by atoms with Crippen LogP contribution in [-0.4, -0.2) is 48.4 Å². The molecule has 0 bridgehead atoms. The summed E-state index contributed by atoms with van der Waals surface area (Å²) in [6, 6.07) is -0.402. The topological polar surface area (TPSA) is 61.4 Å². The van der Waals surface area contributed by atoms with Crippen LogP contribution in [-0.2, 0) is 9.59 Å². The molecule has 0 aromatic heterocycles. The Labute approximate surface area is 108 Å². The normalized spacial score (nSPS) is 33.1. The van der Waals surface area contributed by atoms with Gasteiger partial charge in [0.05, 0.1) is 6.04 Å². The van der Waals surface area contributed by atoms with Crippen molar-refractivity contribution in [2.75, 3.05) is 19.6 Å². The van der Waals surface area contributed by atoms with E-state index in [9.17, 15) is 9.59 Å². The Morgan fingerprint density at radius 1 is 1.44 bits per heavy atom. The zero-order valence-corrected chi connectivity index (χ0v) is 11.2. The summed E-state index contributed by atoms with van der Waals surface area (Å²) < 4.78 is 0. The zero-order valence-electron chi connectivity index (χ0n) is 11.2. The highest BCUT2D eigenvalue weighted by molar-refractivity contribution is 5.91. The molecule has 2 fully saturated rings. The smallest absolute Gasteiger partial charge is 0.242 e. The molecule has 0 saturated carbocycles. The van der Waals surface area contributed by atoms with E-state index in [1.165, 1.54) is 0 Å². The van der Waals surface area contributed by atoms with Gasteiger partial charge in [0.25, 0.3) is 0 Å². The highest BCUT2D eigenvalue weighted by Gasteiger charge is 2.37. The molecule has 0 aromatic rings. The standard InChI is InChI=1S/C13H23N3O2/c1-3-10-12(17)15-7-8-16(10)13(18)11-9(2)5-4-6-14-11/h9-11,14H,3-8H2,1-2H3,(H,15,17). The number of piperidine rings is 1. The van der Waals surface area contributed by atoms with E-state index in [1.54, 1.807) is 4.90 Å². The molecule has 2 amide bonds. The van der Waals surface area contributed by atoms with Crippen LogP contribution in [0.2, 0.25) is 0 Å². The largest absolute Gasteiger partial charge is 0.353 e. The molecular formula is C13H23N3O2. The summed E-state index contributed by atoms with van der Waals surface area (Å²) in [7, 11) is 0. The Bertz CT molecular complexity index is 332. The molecule has 0 aromatic carbocycles. The van der Waals surface area contributed by atoms with E-state index in [1.807, 2.05) is 6.92 Å². The van der Waals surface area contributed by atoms with Crippen molar-refractivity contribution in [2.24, 2.45) is 5.92 Å². The van der Waals surface area contributed by atoms with E-state index in [-0.39, 0.29) is 23.9 Å². The molecule has 2 aliphatic rings. The lowest BCUT2D eigenvalue weighted by Gasteiger charge is -2.39. The first-order valence-corrected chi connectivity index (χ1v) is 6.96. The number of hydrogen-bond acceptors (Lipinski definition) is 3. The third kappa shape index (κ3) is 2.51. The molecular weight excluding hydrogens is 230 g/mol. The van der Waals surface area contributed by atoms with E-state index >= 15 is 0 Å². The maximum atomic E-state index is 12.6. The van der Waals surface area contributed by atoms with Crippen LogP contribution in [0.5, 0.6) is 0 Å². The number of carbonyl (C=O) groups is 2. The molecule has 3 unspecified atom stereocenters. The third-order valence-corrected chi connectivity index (χ3v) is 4.04. The van der Waals surface area contributed by atoms with E-state index in [2.05, 4.69) is 17.6 Å². The van der Waals surface area contributed by atoms with Gasteiger partial charge in [0, 0.05) is 13.1 Å². The van der Waals surface area contributed by atoms with E-state index < -0.39 is 0 Å². The van der Waals surface area contributed by atoms with Crippen molar-refractivity contribution in [1.29, 1.82) is 0 Å². The van der Waals surface area contributed by atoms with Gasteiger partial charge in [-0.2, -0.15) is 0 Å². The van der Waals surface area contributed by atoms with Crippen molar-refractivity contribution in [2.45, 2.75) is 45.2 Å². The summed E-state index contributed by atoms with van der Waals surface area (Å²) in [5, 5.41) is 6.13. The number of nitrogens with zero attached hydrogens (tertiary/aromatic N) is 1. The Morgan fingerprint density at radius 3 is 2.89 bits per heavy atom. The molecule has 18 heavy (non-hydrogen) atoms. The van der Waals surface area contributed by atoms with Crippen molar-refractivity contribution in [1.82, 2.24) is 15.5 Å². The summed E-state index contributed by atoms with van der Waals surface area (Å²) >= 11 is 0. The highest BCUT2D eigenvalue weighted by Crippen LogP contribution is 2.20. The van der Waals surface area contributed by atoms with Gasteiger partial charge < -0.3 is 15.5 Å². The molecule has 102 valence electrons. The Balaban J connectivity index is 2.08. The van der Waals surface area contributed by atoms with Crippen molar-refractivity contribution in [3.63, 3.8) is 0 Å².